The van der Waals surface area contributed by atoms with Crippen molar-refractivity contribution in [3.8, 4) is 0 Å². The number of hydrogen-bond acceptors (Lipinski definition) is 2. The van der Waals surface area contributed by atoms with Crippen LogP contribution in [0.2, 0.25) is 0 Å². The zero-order chi connectivity index (χ0) is 15.2. The van der Waals surface area contributed by atoms with E-state index in [1.165, 1.54) is 17.2 Å². The number of benzene rings is 2. The molecule has 1 N–H and O–H groups in total. The van der Waals surface area contributed by atoms with Crippen LogP contribution in [0.3, 0.4) is 0 Å². The lowest BCUT2D eigenvalue weighted by Crippen LogP contribution is -1.91. The number of para-hydroxylation sites is 1. The zero-order valence-electron chi connectivity index (χ0n) is 12.2. The molecule has 3 aromatic rings. The topological polar surface area (TPSA) is 42.1 Å². The molecule has 0 atom stereocenters. The Labute approximate surface area is 129 Å². The van der Waals surface area contributed by atoms with E-state index in [-0.39, 0.29) is 0 Å². The number of carbonyl (C=O) groups is 1. The maximum Gasteiger partial charge on any atom is 0.297 e. The molecule has 110 valence electrons. The van der Waals surface area contributed by atoms with Crippen molar-refractivity contribution in [1.82, 2.24) is 4.98 Å². The summed E-state index contributed by atoms with van der Waals surface area (Å²) in [6.07, 6.45) is 5.28. The summed E-state index contributed by atoms with van der Waals surface area (Å²) in [7, 11) is 0. The molecule has 22 heavy (non-hydrogen) atoms. The second-order valence-electron chi connectivity index (χ2n) is 5.10. The summed E-state index contributed by atoms with van der Waals surface area (Å²) < 4.78 is 4.86. The minimum absolute atomic E-state index is 0.453. The monoisotopic (exact) mass is 291 g/mol. The smallest absolute Gasteiger partial charge is 0.297 e. The van der Waals surface area contributed by atoms with Crippen molar-refractivity contribution in [3.63, 3.8) is 0 Å². The quantitative estimate of drug-likeness (QED) is 0.543. The molecule has 0 saturated heterocycles. The number of aryl methyl sites for hydroxylation is 1. The minimum atomic E-state index is 0.453. The number of aromatic amines is 1. The third-order valence-electron chi connectivity index (χ3n) is 3.75. The Hall–Kier alpha value is -2.81. The molecule has 3 nitrogen and oxygen atoms in total. The van der Waals surface area contributed by atoms with Crippen LogP contribution in [0.5, 0.6) is 0 Å². The molecule has 0 aliphatic carbocycles. The van der Waals surface area contributed by atoms with Gasteiger partial charge in [0.2, 0.25) is 0 Å². The number of allylic oxidation sites excluding steroid dienone is 1. The van der Waals surface area contributed by atoms with Gasteiger partial charge in [-0.3, -0.25) is 4.79 Å². The predicted molar refractivity (Wildman–Crippen MR) is 88.2 cm³/mol. The van der Waals surface area contributed by atoms with E-state index in [0.717, 1.165) is 29.5 Å². The fourth-order valence-electron chi connectivity index (χ4n) is 2.64. The highest BCUT2D eigenvalue weighted by Crippen LogP contribution is 2.24. The maximum absolute atomic E-state index is 10.5. The lowest BCUT2D eigenvalue weighted by atomic mass is 9.99. The van der Waals surface area contributed by atoms with Gasteiger partial charge in [0.1, 0.15) is 0 Å². The second kappa shape index (κ2) is 6.76. The predicted octanol–water partition coefficient (Wildman–Crippen LogP) is 4.31. The third-order valence-corrected chi connectivity index (χ3v) is 3.75. The highest BCUT2D eigenvalue weighted by Gasteiger charge is 2.06. The van der Waals surface area contributed by atoms with Gasteiger partial charge in [-0.1, -0.05) is 48.5 Å². The summed E-state index contributed by atoms with van der Waals surface area (Å²) in [4.78, 5) is 13.8. The molecule has 0 unspecified atom stereocenters. The number of carbonyl (C=O) groups excluding carboxylic acids is 1. The first-order valence-corrected chi connectivity index (χ1v) is 7.27. The fourth-order valence-corrected chi connectivity index (χ4v) is 2.64. The van der Waals surface area contributed by atoms with Gasteiger partial charge in [-0.05, 0) is 35.6 Å². The van der Waals surface area contributed by atoms with Crippen molar-refractivity contribution in [3.05, 3.63) is 78.2 Å². The van der Waals surface area contributed by atoms with E-state index in [1.807, 2.05) is 48.7 Å². The summed E-state index contributed by atoms with van der Waals surface area (Å²) in [5, 5.41) is 1.24. The molecule has 0 spiro atoms. The summed E-state index contributed by atoms with van der Waals surface area (Å²) in [5.74, 6) is 0. The highest BCUT2D eigenvalue weighted by atomic mass is 16.5. The molecule has 2 aromatic carbocycles. The molecule has 0 amide bonds. The van der Waals surface area contributed by atoms with Gasteiger partial charge in [0, 0.05) is 17.1 Å². The largest absolute Gasteiger partial charge is 0.436 e. The molecular formula is C19H17NO2. The number of ether oxygens (including phenoxy) is 1. The van der Waals surface area contributed by atoms with E-state index >= 15 is 0 Å². The third kappa shape index (κ3) is 3.09. The minimum Gasteiger partial charge on any atom is -0.436 e. The van der Waals surface area contributed by atoms with Crippen LogP contribution in [-0.4, -0.2) is 11.5 Å². The number of hydrogen-bond donors (Lipinski definition) is 1. The van der Waals surface area contributed by atoms with Crippen LogP contribution < -0.4 is 0 Å². The first-order chi connectivity index (χ1) is 10.9. The summed E-state index contributed by atoms with van der Waals surface area (Å²) in [6.45, 7) is 0.453. The van der Waals surface area contributed by atoms with E-state index in [2.05, 4.69) is 17.1 Å². The van der Waals surface area contributed by atoms with E-state index in [4.69, 9.17) is 4.74 Å². The van der Waals surface area contributed by atoms with Crippen LogP contribution in [-0.2, 0) is 16.0 Å². The molecule has 1 heterocycles. The van der Waals surface area contributed by atoms with Crippen LogP contribution >= 0.6 is 0 Å². The molecule has 3 rings (SSSR count). The zero-order valence-corrected chi connectivity index (χ0v) is 12.2. The SMILES string of the molecule is O=CO/C=C(\CCc1c[nH]c2ccccc12)c1ccccc1. The van der Waals surface area contributed by atoms with Crippen LogP contribution in [0.25, 0.3) is 16.5 Å². The number of nitrogens with one attached hydrogen (secondary N) is 1. The molecule has 0 aliphatic heterocycles. The Bertz CT molecular complexity index is 787. The van der Waals surface area contributed by atoms with Crippen LogP contribution in [0.4, 0.5) is 0 Å². The fraction of sp³-hybridized carbons (Fsp3) is 0.105. The number of aromatic nitrogens is 1. The van der Waals surface area contributed by atoms with E-state index in [9.17, 15) is 4.79 Å². The molecule has 0 bridgehead atoms. The van der Waals surface area contributed by atoms with Gasteiger partial charge in [-0.25, -0.2) is 0 Å². The van der Waals surface area contributed by atoms with Crippen molar-refractivity contribution in [2.45, 2.75) is 12.8 Å². The normalized spacial score (nSPS) is 11.5. The molecule has 0 radical (unpaired) electrons. The Morgan fingerprint density at radius 3 is 2.64 bits per heavy atom. The summed E-state index contributed by atoms with van der Waals surface area (Å²) in [6, 6.07) is 18.2. The van der Waals surface area contributed by atoms with E-state index in [0.29, 0.717) is 6.47 Å². The number of rotatable bonds is 6. The lowest BCUT2D eigenvalue weighted by molar-refractivity contribution is -0.123. The summed E-state index contributed by atoms with van der Waals surface area (Å²) >= 11 is 0. The first-order valence-electron chi connectivity index (χ1n) is 7.27. The number of fused-ring (bicyclic) bond motifs is 1. The van der Waals surface area contributed by atoms with Gasteiger partial charge in [0.05, 0.1) is 6.26 Å². The Kier molecular flexibility index (Phi) is 4.35. The average molecular weight is 291 g/mol. The van der Waals surface area contributed by atoms with Crippen molar-refractivity contribution < 1.29 is 9.53 Å². The van der Waals surface area contributed by atoms with Gasteiger partial charge in [0.25, 0.3) is 6.47 Å². The lowest BCUT2D eigenvalue weighted by Gasteiger charge is -2.07. The van der Waals surface area contributed by atoms with Crippen LogP contribution in [0.15, 0.2) is 67.1 Å². The van der Waals surface area contributed by atoms with Crippen molar-refractivity contribution in [1.29, 1.82) is 0 Å². The standard InChI is InChI=1S/C19H17NO2/c21-14-22-13-17(15-6-2-1-3-7-15)11-10-16-12-20-19-9-5-4-8-18(16)19/h1-9,12-14,20H,10-11H2/b17-13+. The average Bonchev–Trinajstić information content (AvgIpc) is 2.99. The Balaban J connectivity index is 1.81. The Morgan fingerprint density at radius 1 is 1.05 bits per heavy atom. The van der Waals surface area contributed by atoms with E-state index in [1.54, 1.807) is 0 Å². The molecule has 0 saturated carbocycles. The van der Waals surface area contributed by atoms with Crippen LogP contribution in [0.1, 0.15) is 17.5 Å². The molecule has 1 aromatic heterocycles. The molecule has 0 fully saturated rings. The van der Waals surface area contributed by atoms with Gasteiger partial charge in [-0.15, -0.1) is 0 Å². The maximum atomic E-state index is 10.5. The molecule has 3 heteroatoms. The van der Waals surface area contributed by atoms with Crippen molar-refractivity contribution >= 4 is 22.9 Å². The number of H-pyrrole nitrogens is 1. The first kappa shape index (κ1) is 14.1. The molecule has 0 aliphatic rings. The van der Waals surface area contributed by atoms with Gasteiger partial charge >= 0.3 is 0 Å². The Morgan fingerprint density at radius 2 is 1.82 bits per heavy atom. The molecular weight excluding hydrogens is 274 g/mol. The van der Waals surface area contributed by atoms with Crippen molar-refractivity contribution in [2.75, 3.05) is 0 Å². The highest BCUT2D eigenvalue weighted by molar-refractivity contribution is 5.83. The van der Waals surface area contributed by atoms with Gasteiger partial charge in [0.15, 0.2) is 0 Å². The summed E-state index contributed by atoms with van der Waals surface area (Å²) in [5.41, 5.74) is 4.50. The second-order valence-corrected chi connectivity index (χ2v) is 5.10. The van der Waals surface area contributed by atoms with Crippen LogP contribution in [0, 0.1) is 0 Å². The van der Waals surface area contributed by atoms with Gasteiger partial charge < -0.3 is 9.72 Å². The van der Waals surface area contributed by atoms with E-state index < -0.39 is 0 Å². The van der Waals surface area contributed by atoms with Crippen molar-refractivity contribution in [2.24, 2.45) is 0 Å². The van der Waals surface area contributed by atoms with Gasteiger partial charge in [-0.2, -0.15) is 0 Å².